The fourth-order valence-electron chi connectivity index (χ4n) is 5.01. The molecule has 0 atom stereocenters. The Hall–Kier alpha value is -3.46. The number of nitrogens with one attached hydrogen (secondary N) is 1. The Kier molecular flexibility index (Phi) is 6.54. The van der Waals surface area contributed by atoms with Crippen LogP contribution in [0.25, 0.3) is 20.8 Å². The van der Waals surface area contributed by atoms with Gasteiger partial charge in [0.1, 0.15) is 10.8 Å². The molecule has 37 heavy (non-hydrogen) atoms. The van der Waals surface area contributed by atoms with E-state index in [0.29, 0.717) is 11.5 Å². The number of hydrogen-bond donors (Lipinski definition) is 2. The van der Waals surface area contributed by atoms with Gasteiger partial charge in [0.2, 0.25) is 17.8 Å². The quantitative estimate of drug-likeness (QED) is 0.310. The molecule has 8 nitrogen and oxygen atoms in total. The van der Waals surface area contributed by atoms with E-state index in [9.17, 15) is 5.11 Å². The summed E-state index contributed by atoms with van der Waals surface area (Å²) in [7, 11) is 0. The van der Waals surface area contributed by atoms with Crippen molar-refractivity contribution >= 4 is 45.1 Å². The first kappa shape index (κ1) is 23.9. The number of piperidine rings is 2. The third-order valence-corrected chi connectivity index (χ3v) is 8.59. The number of phenolic OH excluding ortho intramolecular Hbond substituents is 1. The van der Waals surface area contributed by atoms with E-state index < -0.39 is 0 Å². The van der Waals surface area contributed by atoms with Crippen LogP contribution in [0, 0.1) is 11.8 Å². The van der Waals surface area contributed by atoms with Gasteiger partial charge in [0, 0.05) is 31.9 Å². The standard InChI is InChI=1S/C28H33N7OS/c1-18-9-13-34(14-10-18)27-31-26(32-28(33-27)35-15-11-19(2)12-16-35)29-20-7-8-23(36)21(17-20)25-30-22-5-3-4-6-24(22)37-25/h3-8,17-19,36H,9-16H2,1-2H3,(H,29,31,32,33). The monoisotopic (exact) mass is 515 g/mol. The van der Waals surface area contributed by atoms with Gasteiger partial charge < -0.3 is 20.2 Å². The number of aromatic nitrogens is 4. The Morgan fingerprint density at radius 3 is 2.05 bits per heavy atom. The predicted octanol–water partition coefficient (Wildman–Crippen LogP) is 6.07. The number of thiazole rings is 1. The second-order valence-corrected chi connectivity index (χ2v) is 11.5. The van der Waals surface area contributed by atoms with Gasteiger partial charge in [-0.2, -0.15) is 15.0 Å². The van der Waals surface area contributed by atoms with Gasteiger partial charge in [-0.1, -0.05) is 26.0 Å². The first-order valence-electron chi connectivity index (χ1n) is 13.2. The molecule has 9 heteroatoms. The van der Waals surface area contributed by atoms with Gasteiger partial charge in [0.15, 0.2) is 0 Å². The molecule has 4 heterocycles. The molecule has 2 N–H and O–H groups in total. The van der Waals surface area contributed by atoms with Crippen LogP contribution < -0.4 is 15.1 Å². The third-order valence-electron chi connectivity index (χ3n) is 7.52. The van der Waals surface area contributed by atoms with Crippen LogP contribution in [-0.4, -0.2) is 51.2 Å². The van der Waals surface area contributed by atoms with Gasteiger partial charge in [-0.15, -0.1) is 11.3 Å². The van der Waals surface area contributed by atoms with Crippen LogP contribution in [0.4, 0.5) is 23.5 Å². The summed E-state index contributed by atoms with van der Waals surface area (Å²) >= 11 is 1.57. The van der Waals surface area contributed by atoms with Crippen LogP contribution in [-0.2, 0) is 0 Å². The molecular weight excluding hydrogens is 482 g/mol. The first-order valence-corrected chi connectivity index (χ1v) is 14.1. The maximum atomic E-state index is 10.6. The van der Waals surface area contributed by atoms with Crippen molar-refractivity contribution in [3.05, 3.63) is 42.5 Å². The van der Waals surface area contributed by atoms with Crippen LogP contribution in [0.5, 0.6) is 5.75 Å². The Morgan fingerprint density at radius 1 is 0.811 bits per heavy atom. The minimum atomic E-state index is 0.200. The molecule has 0 unspecified atom stereocenters. The molecule has 2 fully saturated rings. The van der Waals surface area contributed by atoms with E-state index >= 15 is 0 Å². The average Bonchev–Trinajstić information content (AvgIpc) is 3.35. The minimum Gasteiger partial charge on any atom is -0.507 e. The highest BCUT2D eigenvalue weighted by molar-refractivity contribution is 7.21. The lowest BCUT2D eigenvalue weighted by Gasteiger charge is -2.33. The summed E-state index contributed by atoms with van der Waals surface area (Å²) in [4.78, 5) is 23.9. The highest BCUT2D eigenvalue weighted by atomic mass is 32.1. The van der Waals surface area contributed by atoms with Crippen molar-refractivity contribution in [2.45, 2.75) is 39.5 Å². The highest BCUT2D eigenvalue weighted by Crippen LogP contribution is 2.37. The number of para-hydroxylation sites is 1. The molecule has 192 valence electrons. The number of phenols is 1. The Balaban J connectivity index is 1.32. The maximum Gasteiger partial charge on any atom is 0.233 e. The summed E-state index contributed by atoms with van der Waals surface area (Å²) in [5, 5.41) is 14.8. The van der Waals surface area contributed by atoms with Crippen molar-refractivity contribution in [1.82, 2.24) is 19.9 Å². The molecule has 0 amide bonds. The molecule has 2 aromatic carbocycles. The molecule has 0 radical (unpaired) electrons. The summed E-state index contributed by atoms with van der Waals surface area (Å²) in [6, 6.07) is 13.5. The van der Waals surface area contributed by atoms with Crippen LogP contribution in [0.3, 0.4) is 0 Å². The van der Waals surface area contributed by atoms with Gasteiger partial charge in [0.05, 0.1) is 15.8 Å². The largest absolute Gasteiger partial charge is 0.507 e. The first-order chi connectivity index (χ1) is 18.0. The molecule has 0 bridgehead atoms. The zero-order valence-electron chi connectivity index (χ0n) is 21.4. The summed E-state index contributed by atoms with van der Waals surface area (Å²) in [6.07, 6.45) is 4.59. The van der Waals surface area contributed by atoms with Crippen molar-refractivity contribution in [3.8, 4) is 16.3 Å². The van der Waals surface area contributed by atoms with Crippen LogP contribution in [0.15, 0.2) is 42.5 Å². The zero-order chi connectivity index (χ0) is 25.4. The van der Waals surface area contributed by atoms with Gasteiger partial charge in [-0.3, -0.25) is 0 Å². The maximum absolute atomic E-state index is 10.6. The lowest BCUT2D eigenvalue weighted by Crippen LogP contribution is -2.37. The van der Waals surface area contributed by atoms with Crippen molar-refractivity contribution in [1.29, 1.82) is 0 Å². The van der Waals surface area contributed by atoms with E-state index in [0.717, 1.165) is 96.5 Å². The number of anilines is 4. The molecule has 6 rings (SSSR count). The molecule has 0 spiro atoms. The summed E-state index contributed by atoms with van der Waals surface area (Å²) < 4.78 is 1.09. The molecule has 0 saturated carbocycles. The normalized spacial score (nSPS) is 17.5. The number of rotatable bonds is 5. The number of hydrogen-bond acceptors (Lipinski definition) is 9. The van der Waals surface area contributed by atoms with Crippen LogP contribution >= 0.6 is 11.3 Å². The molecule has 2 saturated heterocycles. The Morgan fingerprint density at radius 2 is 1.43 bits per heavy atom. The van der Waals surface area contributed by atoms with Crippen molar-refractivity contribution in [3.63, 3.8) is 0 Å². The van der Waals surface area contributed by atoms with E-state index in [2.05, 4.69) is 29.0 Å². The van der Waals surface area contributed by atoms with Gasteiger partial charge in [-0.25, -0.2) is 4.98 Å². The van der Waals surface area contributed by atoms with Crippen LogP contribution in [0.2, 0.25) is 0 Å². The molecule has 2 aliphatic rings. The number of benzene rings is 2. The van der Waals surface area contributed by atoms with Crippen LogP contribution in [0.1, 0.15) is 39.5 Å². The van der Waals surface area contributed by atoms with E-state index in [1.807, 2.05) is 36.4 Å². The number of nitrogens with zero attached hydrogens (tertiary/aromatic N) is 6. The lowest BCUT2D eigenvalue weighted by molar-refractivity contribution is 0.429. The average molecular weight is 516 g/mol. The van der Waals surface area contributed by atoms with Crippen molar-refractivity contribution in [2.24, 2.45) is 11.8 Å². The molecule has 0 aliphatic carbocycles. The molecular formula is C28H33N7OS. The topological polar surface area (TPSA) is 90.3 Å². The third kappa shape index (κ3) is 5.18. The minimum absolute atomic E-state index is 0.200. The van der Waals surface area contributed by atoms with Crippen molar-refractivity contribution in [2.75, 3.05) is 41.3 Å². The Labute approximate surface area is 221 Å². The molecule has 4 aromatic rings. The summed E-state index contributed by atoms with van der Waals surface area (Å²) in [6.45, 7) is 8.46. The lowest BCUT2D eigenvalue weighted by atomic mass is 9.99. The second kappa shape index (κ2) is 10.1. The zero-order valence-corrected chi connectivity index (χ0v) is 22.2. The smallest absolute Gasteiger partial charge is 0.233 e. The molecule has 2 aromatic heterocycles. The fourth-order valence-corrected chi connectivity index (χ4v) is 6.00. The summed E-state index contributed by atoms with van der Waals surface area (Å²) in [5.74, 6) is 3.67. The number of aromatic hydroxyl groups is 1. The number of fused-ring (bicyclic) bond motifs is 1. The van der Waals surface area contributed by atoms with E-state index in [1.54, 1.807) is 17.4 Å². The van der Waals surface area contributed by atoms with E-state index in [4.69, 9.17) is 19.9 Å². The summed E-state index contributed by atoms with van der Waals surface area (Å²) in [5.41, 5.74) is 2.42. The van der Waals surface area contributed by atoms with Gasteiger partial charge >= 0.3 is 0 Å². The highest BCUT2D eigenvalue weighted by Gasteiger charge is 2.24. The van der Waals surface area contributed by atoms with E-state index in [-0.39, 0.29) is 5.75 Å². The SMILES string of the molecule is CC1CCN(c2nc(Nc3ccc(O)c(-c4nc5ccccc5s4)c3)nc(N3CCC(C)CC3)n2)CC1. The second-order valence-electron chi connectivity index (χ2n) is 10.4. The van der Waals surface area contributed by atoms with Gasteiger partial charge in [-0.05, 0) is 67.9 Å². The Bertz CT molecular complexity index is 1320. The van der Waals surface area contributed by atoms with Crippen molar-refractivity contribution < 1.29 is 5.11 Å². The van der Waals surface area contributed by atoms with E-state index in [1.165, 1.54) is 0 Å². The fraction of sp³-hybridized carbons (Fsp3) is 0.429. The molecule has 2 aliphatic heterocycles. The van der Waals surface area contributed by atoms with Gasteiger partial charge in [0.25, 0.3) is 0 Å². The predicted molar refractivity (Wildman–Crippen MR) is 151 cm³/mol.